The first-order valence-electron chi connectivity index (χ1n) is 18.2. The summed E-state index contributed by atoms with van der Waals surface area (Å²) in [4.78, 5) is 73.3. The third-order valence-corrected chi connectivity index (χ3v) is 11.0. The van der Waals surface area contributed by atoms with Crippen LogP contribution in [0.4, 0.5) is 0 Å². The number of carbonyl (C=O) groups excluding carboxylic acids is 4. The number of likely N-dealkylation sites (tertiary alicyclic amines) is 1. The van der Waals surface area contributed by atoms with Gasteiger partial charge in [-0.15, -0.1) is 11.3 Å². The van der Waals surface area contributed by atoms with E-state index in [-0.39, 0.29) is 54.3 Å². The number of carbonyl (C=O) groups is 5. The number of ether oxygens (including phenoxy) is 1. The molecule has 2 aromatic rings. The van der Waals surface area contributed by atoms with Gasteiger partial charge in [0, 0.05) is 37.9 Å². The Balaban J connectivity index is 1.48. The van der Waals surface area contributed by atoms with Crippen molar-refractivity contribution in [3.05, 3.63) is 52.0 Å². The summed E-state index contributed by atoms with van der Waals surface area (Å²) < 4.78 is 5.77. The minimum Gasteiger partial charge on any atom is -0.481 e. The van der Waals surface area contributed by atoms with Gasteiger partial charge in [0.15, 0.2) is 6.10 Å². The van der Waals surface area contributed by atoms with E-state index in [0.717, 1.165) is 50.6 Å². The maximum atomic E-state index is 14.1. The Kier molecular flexibility index (Phi) is 14.6. The van der Waals surface area contributed by atoms with Crippen molar-refractivity contribution in [2.45, 2.75) is 116 Å². The minimum absolute atomic E-state index is 0.0294. The Morgan fingerprint density at radius 3 is 2.35 bits per heavy atom. The Hall–Kier alpha value is -3.84. The predicted molar refractivity (Wildman–Crippen MR) is 195 cm³/mol. The van der Waals surface area contributed by atoms with Gasteiger partial charge in [-0.25, -0.2) is 4.98 Å². The molecule has 51 heavy (non-hydrogen) atoms. The summed E-state index contributed by atoms with van der Waals surface area (Å²) >= 11 is 1.19. The Bertz CT molecular complexity index is 1500. The zero-order valence-electron chi connectivity index (χ0n) is 30.8. The molecule has 280 valence electrons. The molecule has 2 aliphatic rings. The number of aromatic nitrogens is 1. The summed E-state index contributed by atoms with van der Waals surface area (Å²) in [5.74, 6) is -2.79. The lowest BCUT2D eigenvalue weighted by atomic mass is 9.95. The van der Waals surface area contributed by atoms with Gasteiger partial charge in [-0.1, -0.05) is 63.9 Å². The number of hydrogen-bond acceptors (Lipinski definition) is 9. The second kappa shape index (κ2) is 18.6. The molecule has 12 nitrogen and oxygen atoms in total. The zero-order chi connectivity index (χ0) is 37.2. The quantitative estimate of drug-likeness (QED) is 0.194. The minimum atomic E-state index is -0.941. The maximum Gasteiger partial charge on any atom is 0.306 e. The van der Waals surface area contributed by atoms with Gasteiger partial charge in [0.05, 0.1) is 12.0 Å². The zero-order valence-corrected chi connectivity index (χ0v) is 31.6. The lowest BCUT2D eigenvalue weighted by molar-refractivity contribution is -0.149. The Labute approximate surface area is 305 Å². The molecule has 2 heterocycles. The van der Waals surface area contributed by atoms with Gasteiger partial charge >= 0.3 is 11.9 Å². The normalized spacial score (nSPS) is 19.5. The molecule has 3 amide bonds. The van der Waals surface area contributed by atoms with Crippen molar-refractivity contribution in [2.75, 3.05) is 20.6 Å². The number of benzene rings is 1. The number of carboxylic acid groups (broad SMARTS) is 1. The molecule has 0 bridgehead atoms. The van der Waals surface area contributed by atoms with Crippen molar-refractivity contribution >= 4 is 41.0 Å². The third-order valence-electron chi connectivity index (χ3n) is 10.1. The highest BCUT2D eigenvalue weighted by Gasteiger charge is 2.42. The van der Waals surface area contributed by atoms with Crippen LogP contribution in [0.1, 0.15) is 106 Å². The summed E-state index contributed by atoms with van der Waals surface area (Å²) in [6.07, 6.45) is 5.76. The van der Waals surface area contributed by atoms with E-state index in [0.29, 0.717) is 11.4 Å². The van der Waals surface area contributed by atoms with Crippen molar-refractivity contribution < 1.29 is 33.8 Å². The second-order valence-corrected chi connectivity index (χ2v) is 15.6. The van der Waals surface area contributed by atoms with Crippen molar-refractivity contribution in [3.8, 4) is 0 Å². The number of nitrogens with one attached hydrogen (secondary N) is 2. The first-order chi connectivity index (χ1) is 24.2. The van der Waals surface area contributed by atoms with Crippen molar-refractivity contribution in [1.82, 2.24) is 25.4 Å². The monoisotopic (exact) mass is 725 g/mol. The van der Waals surface area contributed by atoms with E-state index < -0.39 is 42.0 Å². The molecule has 4 rings (SSSR count). The number of thiazole rings is 1. The molecular weight excluding hydrogens is 671 g/mol. The molecule has 1 aliphatic heterocycles. The third kappa shape index (κ3) is 11.6. The molecule has 2 fully saturated rings. The SMILES string of the molecule is CC(=O)O[C@H](C[C@H](C(C)C)N(C)C(=O)[C@@H](NC(=O)[C@H]1CCCCCN1C)C1CC1)c1nc(C(=O)N[C@@H](Cc2ccccc2)C[C@H](C)C(=O)O)cs1. The summed E-state index contributed by atoms with van der Waals surface area (Å²) in [6, 6.07) is 7.84. The van der Waals surface area contributed by atoms with E-state index in [1.165, 1.54) is 18.3 Å². The number of rotatable bonds is 17. The highest BCUT2D eigenvalue weighted by atomic mass is 32.1. The van der Waals surface area contributed by atoms with Crippen LogP contribution in [-0.4, -0.2) is 94.4 Å². The molecule has 1 aliphatic carbocycles. The summed E-state index contributed by atoms with van der Waals surface area (Å²) in [5, 5.41) is 17.6. The number of aliphatic carboxylic acids is 1. The van der Waals surface area contributed by atoms with Crippen LogP contribution in [0.2, 0.25) is 0 Å². The number of nitrogens with zero attached hydrogens (tertiary/aromatic N) is 3. The number of hydrogen-bond donors (Lipinski definition) is 3. The Morgan fingerprint density at radius 1 is 1.02 bits per heavy atom. The van der Waals surface area contributed by atoms with Crippen LogP contribution >= 0.6 is 11.3 Å². The van der Waals surface area contributed by atoms with Crippen molar-refractivity contribution in [1.29, 1.82) is 0 Å². The lowest BCUT2D eigenvalue weighted by Gasteiger charge is -2.36. The second-order valence-electron chi connectivity index (χ2n) is 14.7. The largest absolute Gasteiger partial charge is 0.481 e. The predicted octanol–water partition coefficient (Wildman–Crippen LogP) is 4.84. The van der Waals surface area contributed by atoms with E-state index in [2.05, 4.69) is 20.5 Å². The van der Waals surface area contributed by atoms with E-state index >= 15 is 0 Å². The van der Waals surface area contributed by atoms with Gasteiger partial charge in [0.25, 0.3) is 5.91 Å². The lowest BCUT2D eigenvalue weighted by Crippen LogP contribution is -2.56. The smallest absolute Gasteiger partial charge is 0.306 e. The van der Waals surface area contributed by atoms with Gasteiger partial charge in [-0.05, 0) is 69.5 Å². The highest BCUT2D eigenvalue weighted by molar-refractivity contribution is 7.09. The number of likely N-dealkylation sites (N-methyl/N-ethyl adjacent to an activating group) is 2. The summed E-state index contributed by atoms with van der Waals surface area (Å²) in [7, 11) is 3.71. The van der Waals surface area contributed by atoms with Gasteiger partial charge in [0.1, 0.15) is 16.7 Å². The van der Waals surface area contributed by atoms with Crippen molar-refractivity contribution in [3.63, 3.8) is 0 Å². The van der Waals surface area contributed by atoms with Crippen LogP contribution < -0.4 is 10.6 Å². The van der Waals surface area contributed by atoms with Crippen molar-refractivity contribution in [2.24, 2.45) is 17.8 Å². The standard InChI is InChI=1S/C38H55N5O7S/c1-23(2)31(43(6)37(47)33(27-16-17-27)41-35(46)30-15-11-8-12-18-42(30)5)21-32(50-25(4)44)36-40-29(22-51-36)34(45)39-28(19-24(3)38(48)49)20-26-13-9-7-10-14-26/h7,9-10,13-14,22-24,27-28,30-33H,8,11-12,15-21H2,1-6H3,(H,39,45)(H,41,46)(H,48,49)/t24-,28+,30+,31+,32+,33-/m0/s1. The van der Waals surface area contributed by atoms with Crippen LogP contribution in [0.15, 0.2) is 35.7 Å². The van der Waals surface area contributed by atoms with E-state index in [1.54, 1.807) is 24.3 Å². The average molecular weight is 726 g/mol. The molecule has 6 atom stereocenters. The molecule has 3 N–H and O–H groups in total. The summed E-state index contributed by atoms with van der Waals surface area (Å²) in [5.41, 5.74) is 1.10. The molecule has 1 saturated heterocycles. The number of esters is 1. The van der Waals surface area contributed by atoms with E-state index in [9.17, 15) is 29.1 Å². The van der Waals surface area contributed by atoms with Crippen LogP contribution in [0, 0.1) is 17.8 Å². The number of carboxylic acids is 1. The maximum absolute atomic E-state index is 14.1. The fourth-order valence-corrected chi connectivity index (χ4v) is 7.78. The number of amides is 3. The topological polar surface area (TPSA) is 158 Å². The molecule has 1 saturated carbocycles. The molecule has 0 spiro atoms. The van der Waals surface area contributed by atoms with Gasteiger partial charge in [-0.2, -0.15) is 0 Å². The van der Waals surface area contributed by atoms with Crippen LogP contribution in [0.3, 0.4) is 0 Å². The fourth-order valence-electron chi connectivity index (χ4n) is 6.94. The molecule has 1 aromatic heterocycles. The van der Waals surface area contributed by atoms with Crippen LogP contribution in [0.25, 0.3) is 0 Å². The summed E-state index contributed by atoms with van der Waals surface area (Å²) in [6.45, 7) is 7.77. The van der Waals surface area contributed by atoms with Crippen LogP contribution in [-0.2, 0) is 30.3 Å². The molecule has 0 radical (unpaired) electrons. The average Bonchev–Trinajstić information content (AvgIpc) is 3.85. The van der Waals surface area contributed by atoms with E-state index in [1.807, 2.05) is 51.2 Å². The highest BCUT2D eigenvalue weighted by Crippen LogP contribution is 2.36. The van der Waals surface area contributed by atoms with E-state index in [4.69, 9.17) is 4.74 Å². The van der Waals surface area contributed by atoms with Gasteiger partial charge in [-0.3, -0.25) is 28.9 Å². The first-order valence-corrected chi connectivity index (χ1v) is 19.1. The molecule has 1 aromatic carbocycles. The van der Waals surface area contributed by atoms with Gasteiger partial charge in [0.2, 0.25) is 11.8 Å². The Morgan fingerprint density at radius 2 is 1.73 bits per heavy atom. The molecular formula is C38H55N5O7S. The first kappa shape index (κ1) is 39.9. The fraction of sp³-hybridized carbons (Fsp3) is 0.632. The molecule has 13 heteroatoms. The van der Waals surface area contributed by atoms with Crippen LogP contribution in [0.5, 0.6) is 0 Å². The molecule has 0 unspecified atom stereocenters. The van der Waals surface area contributed by atoms with Gasteiger partial charge < -0.3 is 25.4 Å².